The van der Waals surface area contributed by atoms with E-state index in [-0.39, 0.29) is 0 Å². The van der Waals surface area contributed by atoms with E-state index in [0.29, 0.717) is 0 Å². The van der Waals surface area contributed by atoms with Crippen LogP contribution in [0, 0.1) is 0 Å². The van der Waals surface area contributed by atoms with Crippen LogP contribution in [0.1, 0.15) is 0 Å². The molecule has 0 heterocycles. The van der Waals surface area contributed by atoms with Gasteiger partial charge in [0.15, 0.2) is 0 Å². The molecule has 134 valence electrons. The fourth-order valence-corrected chi connectivity index (χ4v) is 6.37. The zero-order valence-corrected chi connectivity index (χ0v) is 18.0. The molecule has 0 aromatic heterocycles. The molecule has 0 bridgehead atoms. The predicted molar refractivity (Wildman–Crippen MR) is 111 cm³/mol. The van der Waals surface area contributed by atoms with E-state index in [1.54, 1.807) is 0 Å². The van der Waals surface area contributed by atoms with Crippen LogP contribution in [0.2, 0.25) is 0 Å². The van der Waals surface area contributed by atoms with Gasteiger partial charge in [-0.3, -0.25) is 0 Å². The van der Waals surface area contributed by atoms with Crippen molar-refractivity contribution in [1.82, 2.24) is 0 Å². The third-order valence-electron chi connectivity index (χ3n) is 3.86. The van der Waals surface area contributed by atoms with E-state index in [2.05, 4.69) is 36.4 Å². The van der Waals surface area contributed by atoms with Crippen LogP contribution < -0.4 is 15.9 Å². The molecule has 6 heteroatoms. The molecule has 0 amide bonds. The number of rotatable bonds is 4. The van der Waals surface area contributed by atoms with Gasteiger partial charge in [0.25, 0.3) is 0 Å². The Morgan fingerprint density at radius 1 is 0.600 bits per heavy atom. The molecule has 0 saturated heterocycles. The third kappa shape index (κ3) is 5.36. The van der Waals surface area contributed by atoms with Gasteiger partial charge in [0.1, 0.15) is 0 Å². The van der Waals surface area contributed by atoms with Gasteiger partial charge in [-0.2, -0.15) is 0 Å². The summed E-state index contributed by atoms with van der Waals surface area (Å²) in [6.07, 6.45) is 0. The van der Waals surface area contributed by atoms with Gasteiger partial charge in [0, 0.05) is 0 Å². The number of halogens is 3. The Balaban J connectivity index is 0.000000511. The summed E-state index contributed by atoms with van der Waals surface area (Å²) in [7, 11) is 12.2. The molecule has 1 nitrogen and oxygen atoms in total. The van der Waals surface area contributed by atoms with Gasteiger partial charge >= 0.3 is 167 Å². The Labute approximate surface area is 166 Å². The Hall–Kier alpha value is -0.747. The molecular formula is C19H17Cl3OPRh. The first-order chi connectivity index (χ1) is 12.1. The van der Waals surface area contributed by atoms with Crippen LogP contribution in [0.15, 0.2) is 91.0 Å². The SMILES string of the molecule is O=C[PH](c1ccccc1)(c1ccccc1)c1ccccc1.[Cl][Rh]([Cl])[Cl]. The summed E-state index contributed by atoms with van der Waals surface area (Å²) in [5.41, 5.74) is 0. The maximum atomic E-state index is 12.3. The molecule has 0 unspecified atom stereocenters. The van der Waals surface area contributed by atoms with Gasteiger partial charge in [-0.1, -0.05) is 0 Å². The Morgan fingerprint density at radius 3 is 1.04 bits per heavy atom. The van der Waals surface area contributed by atoms with Crippen molar-refractivity contribution in [2.24, 2.45) is 0 Å². The quantitative estimate of drug-likeness (QED) is 0.280. The zero-order valence-electron chi connectivity index (χ0n) is 13.1. The van der Waals surface area contributed by atoms with E-state index in [9.17, 15) is 4.79 Å². The van der Waals surface area contributed by atoms with E-state index in [4.69, 9.17) is 29.1 Å². The minimum absolute atomic E-state index is 1.12. The van der Waals surface area contributed by atoms with Crippen LogP contribution in [-0.4, -0.2) is 6.03 Å². The molecule has 25 heavy (non-hydrogen) atoms. The van der Waals surface area contributed by atoms with Crippen molar-refractivity contribution in [2.45, 2.75) is 0 Å². The van der Waals surface area contributed by atoms with Gasteiger partial charge in [0.2, 0.25) is 0 Å². The molecule has 0 aliphatic carbocycles. The van der Waals surface area contributed by atoms with Crippen LogP contribution in [0.4, 0.5) is 0 Å². The van der Waals surface area contributed by atoms with Crippen LogP contribution in [-0.2, 0) is 17.8 Å². The molecule has 0 saturated carbocycles. The maximum absolute atomic E-state index is 12.3. The van der Waals surface area contributed by atoms with E-state index < -0.39 is 20.2 Å². The first kappa shape index (κ1) is 20.6. The number of benzene rings is 3. The Morgan fingerprint density at radius 2 is 0.840 bits per heavy atom. The molecule has 0 fully saturated rings. The van der Waals surface area contributed by atoms with Gasteiger partial charge in [-0.15, -0.1) is 0 Å². The molecule has 0 aliphatic heterocycles. The third-order valence-corrected chi connectivity index (χ3v) is 7.95. The standard InChI is InChI=1S/C19H17OP.3ClH.Rh/c20-16-21(17-10-4-1-5-11-17,18-12-6-2-7-13-18)19-14-8-3-9-15-19;;;;/h1-16,21H;3*1H;/q;;;;+3/p-3. The topological polar surface area (TPSA) is 17.1 Å². The second kappa shape index (κ2) is 10.4. The van der Waals surface area contributed by atoms with Crippen LogP contribution in [0.25, 0.3) is 0 Å². The van der Waals surface area contributed by atoms with E-state index in [1.807, 2.05) is 54.6 Å². The van der Waals surface area contributed by atoms with Crippen molar-refractivity contribution in [3.8, 4) is 0 Å². The summed E-state index contributed by atoms with van der Waals surface area (Å²) in [6.45, 7) is 0. The van der Waals surface area contributed by atoms with E-state index in [1.165, 1.54) is 6.03 Å². The van der Waals surface area contributed by atoms with Crippen molar-refractivity contribution in [2.75, 3.05) is 0 Å². The van der Waals surface area contributed by atoms with Crippen LogP contribution in [0.5, 0.6) is 0 Å². The monoisotopic (exact) mass is 500 g/mol. The molecule has 0 radical (unpaired) electrons. The van der Waals surface area contributed by atoms with Crippen LogP contribution in [0.3, 0.4) is 0 Å². The number of hydrogen-bond donors (Lipinski definition) is 0. The van der Waals surface area contributed by atoms with Crippen molar-refractivity contribution >= 4 is 58.3 Å². The summed E-state index contributed by atoms with van der Waals surface area (Å²) in [5.74, 6) is 0. The second-order valence-electron chi connectivity index (χ2n) is 5.17. The molecule has 0 atom stereocenters. The minimum atomic E-state index is -2.58. The molecule has 3 aromatic carbocycles. The van der Waals surface area contributed by atoms with Crippen molar-refractivity contribution in [3.63, 3.8) is 0 Å². The van der Waals surface area contributed by atoms with Gasteiger partial charge in [-0.05, 0) is 0 Å². The average molecular weight is 502 g/mol. The van der Waals surface area contributed by atoms with Crippen molar-refractivity contribution < 1.29 is 17.8 Å². The average Bonchev–Trinajstić information content (AvgIpc) is 2.65. The van der Waals surface area contributed by atoms with E-state index in [0.717, 1.165) is 15.9 Å². The molecule has 0 aliphatic rings. The van der Waals surface area contributed by atoms with Gasteiger partial charge < -0.3 is 0 Å². The summed E-state index contributed by atoms with van der Waals surface area (Å²) < 4.78 is 0. The summed E-state index contributed by atoms with van der Waals surface area (Å²) >= 11 is -1.66. The Bertz CT molecular complexity index is 671. The Kier molecular flexibility index (Phi) is 8.57. The van der Waals surface area contributed by atoms with E-state index >= 15 is 0 Å². The molecule has 3 aromatic rings. The molecule has 3 rings (SSSR count). The van der Waals surface area contributed by atoms with Crippen LogP contribution >= 0.6 is 36.3 Å². The van der Waals surface area contributed by atoms with Gasteiger partial charge in [0.05, 0.1) is 0 Å². The second-order valence-corrected chi connectivity index (χ2v) is 16.2. The van der Waals surface area contributed by atoms with Gasteiger partial charge in [-0.25, -0.2) is 0 Å². The molecular weight excluding hydrogens is 484 g/mol. The number of carbonyl (C=O) groups is 1. The number of hydrogen-bond acceptors (Lipinski definition) is 1. The van der Waals surface area contributed by atoms with Crippen molar-refractivity contribution in [3.05, 3.63) is 91.0 Å². The summed E-state index contributed by atoms with van der Waals surface area (Å²) in [5, 5.41) is 3.37. The summed E-state index contributed by atoms with van der Waals surface area (Å²) in [4.78, 5) is 12.3. The van der Waals surface area contributed by atoms with Crippen molar-refractivity contribution in [1.29, 1.82) is 0 Å². The fourth-order valence-electron chi connectivity index (χ4n) is 2.81. The summed E-state index contributed by atoms with van der Waals surface area (Å²) in [6, 6.07) is 31.6. The molecule has 0 spiro atoms. The molecule has 0 N–H and O–H groups in total. The fraction of sp³-hybridized carbons (Fsp3) is 0. The first-order valence-corrected chi connectivity index (χ1v) is 15.8. The first-order valence-electron chi connectivity index (χ1n) is 7.38. The predicted octanol–water partition coefficient (Wildman–Crippen LogP) is 4.97. The number of carbonyl (C=O) groups excluding carboxylic acids is 1. The normalized spacial score (nSPS) is 11.7. The zero-order chi connectivity index (χ0) is 18.1.